The van der Waals surface area contributed by atoms with Gasteiger partial charge in [0.2, 0.25) is 0 Å². The molecule has 0 aromatic carbocycles. The third-order valence-electron chi connectivity index (χ3n) is 3.89. The van der Waals surface area contributed by atoms with Crippen LogP contribution in [0, 0.1) is 0 Å². The van der Waals surface area contributed by atoms with E-state index in [2.05, 4.69) is 4.98 Å². The third kappa shape index (κ3) is 3.69. The van der Waals surface area contributed by atoms with E-state index in [1.807, 2.05) is 0 Å². The van der Waals surface area contributed by atoms with Crippen LogP contribution >= 0.6 is 11.6 Å². The van der Waals surface area contributed by atoms with Gasteiger partial charge in [-0.05, 0) is 26.2 Å². The van der Waals surface area contributed by atoms with E-state index in [4.69, 9.17) is 16.3 Å². The molecule has 24 heavy (non-hydrogen) atoms. The fraction of sp³-hybridized carbons (Fsp3) is 0.600. The Morgan fingerprint density at radius 3 is 2.71 bits per heavy atom. The molecule has 0 fully saturated rings. The van der Waals surface area contributed by atoms with Gasteiger partial charge < -0.3 is 9.30 Å². The lowest BCUT2D eigenvalue weighted by Gasteiger charge is -2.12. The van der Waals surface area contributed by atoms with Crippen LogP contribution in [0.2, 0.25) is 0 Å². The summed E-state index contributed by atoms with van der Waals surface area (Å²) in [6.45, 7) is 2.10. The lowest BCUT2D eigenvalue weighted by Crippen LogP contribution is -2.39. The van der Waals surface area contributed by atoms with Crippen LogP contribution in [0.15, 0.2) is 15.9 Å². The first-order valence-corrected chi connectivity index (χ1v) is 8.26. The highest BCUT2D eigenvalue weighted by Gasteiger charge is 2.15. The second kappa shape index (κ2) is 7.65. The molecule has 0 aliphatic heterocycles. The van der Waals surface area contributed by atoms with Crippen molar-refractivity contribution >= 4 is 28.7 Å². The highest BCUT2D eigenvalue weighted by Crippen LogP contribution is 2.07. The maximum absolute atomic E-state index is 12.5. The molecular weight excluding hydrogens is 336 g/mol. The molecule has 0 aliphatic rings. The SMILES string of the molecule is CC(CCCCn1c(=O)c2c(ncn2C)n(C)c1=O)OC(=O)CCl. The molecule has 0 spiro atoms. The Hall–Kier alpha value is -2.09. The average molecular weight is 357 g/mol. The summed E-state index contributed by atoms with van der Waals surface area (Å²) in [4.78, 5) is 40.0. The van der Waals surface area contributed by atoms with Crippen molar-refractivity contribution in [2.24, 2.45) is 14.1 Å². The van der Waals surface area contributed by atoms with E-state index >= 15 is 0 Å². The molecule has 1 atom stereocenters. The number of rotatable bonds is 7. The van der Waals surface area contributed by atoms with Gasteiger partial charge in [-0.15, -0.1) is 11.6 Å². The zero-order chi connectivity index (χ0) is 17.9. The molecule has 0 aliphatic carbocycles. The maximum Gasteiger partial charge on any atom is 0.332 e. The summed E-state index contributed by atoms with van der Waals surface area (Å²) < 4.78 is 9.28. The molecule has 1 unspecified atom stereocenters. The van der Waals surface area contributed by atoms with E-state index < -0.39 is 5.97 Å². The Morgan fingerprint density at radius 2 is 2.04 bits per heavy atom. The molecule has 2 aromatic heterocycles. The Labute approximate surface area is 143 Å². The summed E-state index contributed by atoms with van der Waals surface area (Å²) in [6.07, 6.45) is 3.26. The van der Waals surface area contributed by atoms with Crippen LogP contribution < -0.4 is 11.2 Å². The molecule has 0 saturated heterocycles. The quantitative estimate of drug-likeness (QED) is 0.415. The number of carbonyl (C=O) groups excluding carboxylic acids is 1. The number of alkyl halides is 1. The fourth-order valence-corrected chi connectivity index (χ4v) is 2.67. The largest absolute Gasteiger partial charge is 0.462 e. The molecule has 132 valence electrons. The number of unbranched alkanes of at least 4 members (excludes halogenated alkanes) is 1. The summed E-state index contributed by atoms with van der Waals surface area (Å²) in [7, 11) is 3.32. The monoisotopic (exact) mass is 356 g/mol. The predicted molar refractivity (Wildman–Crippen MR) is 90.3 cm³/mol. The maximum atomic E-state index is 12.5. The van der Waals surface area contributed by atoms with Crippen molar-refractivity contribution in [3.63, 3.8) is 0 Å². The number of aromatic nitrogens is 4. The zero-order valence-corrected chi connectivity index (χ0v) is 14.7. The van der Waals surface area contributed by atoms with Gasteiger partial charge in [0.05, 0.1) is 12.4 Å². The standard InChI is InChI=1S/C15H21ClN4O4/c1-10(24-11(21)8-16)6-4-5-7-20-14(22)12-13(17-9-18(12)2)19(3)15(20)23/h9-10H,4-8H2,1-3H3. The van der Waals surface area contributed by atoms with Crippen LogP contribution in [0.3, 0.4) is 0 Å². The van der Waals surface area contributed by atoms with Crippen LogP contribution in [-0.2, 0) is 30.2 Å². The number of carbonyl (C=O) groups is 1. The Bertz CT molecular complexity index is 852. The molecule has 2 rings (SSSR count). The zero-order valence-electron chi connectivity index (χ0n) is 14.0. The lowest BCUT2D eigenvalue weighted by molar-refractivity contribution is -0.145. The first-order valence-electron chi connectivity index (χ1n) is 7.73. The summed E-state index contributed by atoms with van der Waals surface area (Å²) in [5, 5.41) is 0. The van der Waals surface area contributed by atoms with E-state index in [0.717, 1.165) is 6.42 Å². The molecule has 0 N–H and O–H groups in total. The van der Waals surface area contributed by atoms with Crippen molar-refractivity contribution < 1.29 is 9.53 Å². The number of imidazole rings is 1. The van der Waals surface area contributed by atoms with Crippen LogP contribution in [0.4, 0.5) is 0 Å². The highest BCUT2D eigenvalue weighted by molar-refractivity contribution is 6.26. The van der Waals surface area contributed by atoms with Crippen LogP contribution in [0.5, 0.6) is 0 Å². The van der Waals surface area contributed by atoms with Gasteiger partial charge in [0.1, 0.15) is 5.88 Å². The van der Waals surface area contributed by atoms with E-state index in [0.29, 0.717) is 30.6 Å². The minimum absolute atomic E-state index is 0.166. The lowest BCUT2D eigenvalue weighted by atomic mass is 10.2. The van der Waals surface area contributed by atoms with Gasteiger partial charge in [0, 0.05) is 20.6 Å². The van der Waals surface area contributed by atoms with Crippen molar-refractivity contribution in [2.75, 3.05) is 5.88 Å². The van der Waals surface area contributed by atoms with Gasteiger partial charge >= 0.3 is 11.7 Å². The molecular formula is C15H21ClN4O4. The normalized spacial score (nSPS) is 12.5. The molecule has 2 heterocycles. The molecule has 9 heteroatoms. The summed E-state index contributed by atoms with van der Waals surface area (Å²) >= 11 is 5.38. The molecule has 0 radical (unpaired) electrons. The van der Waals surface area contributed by atoms with Gasteiger partial charge in [-0.3, -0.25) is 18.7 Å². The number of ether oxygens (including phenoxy) is 1. The number of hydrogen-bond donors (Lipinski definition) is 0. The first kappa shape index (κ1) is 18.3. The van der Waals surface area contributed by atoms with Gasteiger partial charge in [0.25, 0.3) is 5.56 Å². The topological polar surface area (TPSA) is 88.1 Å². The van der Waals surface area contributed by atoms with Gasteiger partial charge in [-0.1, -0.05) is 0 Å². The van der Waals surface area contributed by atoms with Crippen LogP contribution in [0.25, 0.3) is 11.2 Å². The van der Waals surface area contributed by atoms with Crippen molar-refractivity contribution in [3.8, 4) is 0 Å². The van der Waals surface area contributed by atoms with E-state index in [1.165, 1.54) is 15.5 Å². The van der Waals surface area contributed by atoms with Crippen molar-refractivity contribution in [1.82, 2.24) is 18.7 Å². The number of halogens is 1. The van der Waals surface area contributed by atoms with Crippen LogP contribution in [0.1, 0.15) is 26.2 Å². The minimum Gasteiger partial charge on any atom is -0.462 e. The summed E-state index contributed by atoms with van der Waals surface area (Å²) in [5.41, 5.74) is 0.0643. The highest BCUT2D eigenvalue weighted by atomic mass is 35.5. The molecule has 8 nitrogen and oxygen atoms in total. The molecule has 0 bridgehead atoms. The van der Waals surface area contributed by atoms with Crippen LogP contribution in [-0.4, -0.2) is 36.6 Å². The van der Waals surface area contributed by atoms with Crippen molar-refractivity contribution in [3.05, 3.63) is 27.2 Å². The predicted octanol–water partition coefficient (Wildman–Crippen LogP) is 0.774. The fourth-order valence-electron chi connectivity index (χ4n) is 2.61. The van der Waals surface area contributed by atoms with Gasteiger partial charge in [-0.25, -0.2) is 9.78 Å². The Kier molecular flexibility index (Phi) is 5.82. The summed E-state index contributed by atoms with van der Waals surface area (Å²) in [5.74, 6) is -0.614. The smallest absolute Gasteiger partial charge is 0.332 e. The average Bonchev–Trinajstić information content (AvgIpc) is 2.93. The summed E-state index contributed by atoms with van der Waals surface area (Å²) in [6, 6.07) is 0. The minimum atomic E-state index is -0.448. The molecule has 0 saturated carbocycles. The van der Waals surface area contributed by atoms with Crippen molar-refractivity contribution in [2.45, 2.75) is 38.8 Å². The Morgan fingerprint density at radius 1 is 1.33 bits per heavy atom. The molecule has 2 aromatic rings. The number of fused-ring (bicyclic) bond motifs is 1. The number of nitrogens with zero attached hydrogens (tertiary/aromatic N) is 4. The number of hydrogen-bond acceptors (Lipinski definition) is 5. The second-order valence-corrected chi connectivity index (χ2v) is 6.02. The van der Waals surface area contributed by atoms with E-state index in [1.54, 1.807) is 25.6 Å². The van der Waals surface area contributed by atoms with E-state index in [9.17, 15) is 14.4 Å². The Balaban J connectivity index is 2.06. The second-order valence-electron chi connectivity index (χ2n) is 5.76. The number of esters is 1. The number of aryl methyl sites for hydroxylation is 2. The van der Waals surface area contributed by atoms with Gasteiger partial charge in [-0.2, -0.15) is 0 Å². The van der Waals surface area contributed by atoms with Gasteiger partial charge in [0.15, 0.2) is 11.2 Å². The van der Waals surface area contributed by atoms with E-state index in [-0.39, 0.29) is 23.2 Å². The molecule has 0 amide bonds. The van der Waals surface area contributed by atoms with Crippen molar-refractivity contribution in [1.29, 1.82) is 0 Å². The first-order chi connectivity index (χ1) is 11.4. The third-order valence-corrected chi connectivity index (χ3v) is 4.10.